The fourth-order valence-electron chi connectivity index (χ4n) is 1.87. The quantitative estimate of drug-likeness (QED) is 0.757. The van der Waals surface area contributed by atoms with Gasteiger partial charge in [-0.1, -0.05) is 29.3 Å². The van der Waals surface area contributed by atoms with Crippen LogP contribution in [0.2, 0.25) is 10.0 Å². The molecule has 0 aliphatic rings. The topological polar surface area (TPSA) is 55.4 Å². The van der Waals surface area contributed by atoms with Gasteiger partial charge in [-0.15, -0.1) is 0 Å². The van der Waals surface area contributed by atoms with Crippen LogP contribution in [0.1, 0.15) is 11.1 Å². The van der Waals surface area contributed by atoms with Crippen molar-refractivity contribution in [2.24, 2.45) is 0 Å². The van der Waals surface area contributed by atoms with E-state index < -0.39 is 5.97 Å². The van der Waals surface area contributed by atoms with Crippen molar-refractivity contribution in [3.63, 3.8) is 0 Å². The van der Waals surface area contributed by atoms with Crippen LogP contribution in [0.4, 0.5) is 0 Å². The molecule has 0 bridgehead atoms. The molecule has 1 heterocycles. The number of amides is 1. The lowest BCUT2D eigenvalue weighted by molar-refractivity contribution is -0.147. The highest BCUT2D eigenvalue weighted by molar-refractivity contribution is 7.08. The van der Waals surface area contributed by atoms with E-state index in [1.165, 1.54) is 11.3 Å². The number of esters is 1. The van der Waals surface area contributed by atoms with Gasteiger partial charge in [0.1, 0.15) is 0 Å². The van der Waals surface area contributed by atoms with Gasteiger partial charge in [-0.05, 0) is 46.5 Å². The summed E-state index contributed by atoms with van der Waals surface area (Å²) in [5.74, 6) is -0.756. The molecule has 1 aromatic heterocycles. The molecule has 0 unspecified atom stereocenters. The third-order valence-electron chi connectivity index (χ3n) is 3.02. The molecular weight excluding hydrogens is 357 g/mol. The molecule has 0 aliphatic heterocycles. The largest absolute Gasteiger partial charge is 0.455 e. The first kappa shape index (κ1) is 17.8. The zero-order valence-electron chi connectivity index (χ0n) is 12.2. The second-order valence-corrected chi connectivity index (χ2v) is 6.43. The molecule has 0 radical (unpaired) electrons. The van der Waals surface area contributed by atoms with Crippen LogP contribution in [0.3, 0.4) is 0 Å². The second-order valence-electron chi connectivity index (χ2n) is 4.80. The van der Waals surface area contributed by atoms with E-state index in [1.54, 1.807) is 12.1 Å². The van der Waals surface area contributed by atoms with Crippen LogP contribution in [0.15, 0.2) is 35.0 Å². The molecule has 2 aromatic rings. The summed E-state index contributed by atoms with van der Waals surface area (Å²) in [5, 5.41) is 7.57. The Kier molecular flexibility index (Phi) is 6.89. The SMILES string of the molecule is O=C(COC(=O)Cc1ccsc1)NCCc1ccc(Cl)cc1Cl. The maximum absolute atomic E-state index is 11.6. The van der Waals surface area contributed by atoms with E-state index in [-0.39, 0.29) is 18.9 Å². The molecule has 1 N–H and O–H groups in total. The van der Waals surface area contributed by atoms with Crippen molar-refractivity contribution in [3.8, 4) is 0 Å². The van der Waals surface area contributed by atoms with Gasteiger partial charge in [-0.2, -0.15) is 11.3 Å². The van der Waals surface area contributed by atoms with Crippen LogP contribution in [0.5, 0.6) is 0 Å². The minimum atomic E-state index is -0.417. The van der Waals surface area contributed by atoms with Crippen LogP contribution in [0.25, 0.3) is 0 Å². The van der Waals surface area contributed by atoms with Gasteiger partial charge in [0, 0.05) is 16.6 Å². The second kappa shape index (κ2) is 8.91. The van der Waals surface area contributed by atoms with Crippen molar-refractivity contribution in [1.82, 2.24) is 5.32 Å². The van der Waals surface area contributed by atoms with E-state index in [1.807, 2.05) is 22.9 Å². The molecule has 23 heavy (non-hydrogen) atoms. The Hall–Kier alpha value is -1.56. The lowest BCUT2D eigenvalue weighted by Gasteiger charge is -2.08. The minimum Gasteiger partial charge on any atom is -0.455 e. The number of ether oxygens (including phenoxy) is 1. The zero-order chi connectivity index (χ0) is 16.7. The monoisotopic (exact) mass is 371 g/mol. The number of nitrogens with one attached hydrogen (secondary N) is 1. The van der Waals surface area contributed by atoms with E-state index in [2.05, 4.69) is 5.32 Å². The summed E-state index contributed by atoms with van der Waals surface area (Å²) in [6, 6.07) is 7.07. The first-order valence-corrected chi connectivity index (χ1v) is 8.62. The summed E-state index contributed by atoms with van der Waals surface area (Å²) < 4.78 is 4.93. The fraction of sp³-hybridized carbons (Fsp3) is 0.250. The van der Waals surface area contributed by atoms with Crippen molar-refractivity contribution >= 4 is 46.4 Å². The van der Waals surface area contributed by atoms with Gasteiger partial charge in [-0.3, -0.25) is 9.59 Å². The summed E-state index contributed by atoms with van der Waals surface area (Å²) in [7, 11) is 0. The first-order valence-electron chi connectivity index (χ1n) is 6.92. The molecule has 0 spiro atoms. The summed E-state index contributed by atoms with van der Waals surface area (Å²) >= 11 is 13.4. The number of carbonyl (C=O) groups excluding carboxylic acids is 2. The van der Waals surface area contributed by atoms with Gasteiger partial charge in [0.15, 0.2) is 6.61 Å². The number of rotatable bonds is 7. The van der Waals surface area contributed by atoms with Crippen LogP contribution >= 0.6 is 34.5 Å². The molecular formula is C16H15Cl2NO3S. The molecule has 0 fully saturated rings. The van der Waals surface area contributed by atoms with Gasteiger partial charge >= 0.3 is 5.97 Å². The minimum absolute atomic E-state index is 0.178. The van der Waals surface area contributed by atoms with Crippen LogP contribution in [-0.2, 0) is 27.2 Å². The molecule has 122 valence electrons. The van der Waals surface area contributed by atoms with E-state index in [4.69, 9.17) is 27.9 Å². The molecule has 2 rings (SSSR count). The van der Waals surface area contributed by atoms with Crippen molar-refractivity contribution in [1.29, 1.82) is 0 Å². The van der Waals surface area contributed by atoms with Gasteiger partial charge in [0.25, 0.3) is 5.91 Å². The van der Waals surface area contributed by atoms with Crippen molar-refractivity contribution < 1.29 is 14.3 Å². The highest BCUT2D eigenvalue weighted by Crippen LogP contribution is 2.21. The number of carbonyl (C=O) groups is 2. The summed E-state index contributed by atoms with van der Waals surface area (Å²) in [5.41, 5.74) is 1.78. The predicted octanol–water partition coefficient (Wildman–Crippen LogP) is 3.50. The van der Waals surface area contributed by atoms with E-state index in [0.29, 0.717) is 23.0 Å². The number of hydrogen-bond acceptors (Lipinski definition) is 4. The normalized spacial score (nSPS) is 10.3. The number of halogens is 2. The maximum Gasteiger partial charge on any atom is 0.310 e. The molecule has 0 aliphatic carbocycles. The Morgan fingerprint density at radius 3 is 2.74 bits per heavy atom. The Bertz CT molecular complexity index is 674. The third kappa shape index (κ3) is 6.22. The van der Waals surface area contributed by atoms with E-state index in [9.17, 15) is 9.59 Å². The van der Waals surface area contributed by atoms with Crippen molar-refractivity contribution in [2.45, 2.75) is 12.8 Å². The third-order valence-corrected chi connectivity index (χ3v) is 4.34. The molecule has 0 atom stereocenters. The lowest BCUT2D eigenvalue weighted by Crippen LogP contribution is -2.30. The van der Waals surface area contributed by atoms with E-state index in [0.717, 1.165) is 11.1 Å². The molecule has 1 amide bonds. The smallest absolute Gasteiger partial charge is 0.310 e. The number of benzene rings is 1. The van der Waals surface area contributed by atoms with Gasteiger partial charge in [-0.25, -0.2) is 0 Å². The van der Waals surface area contributed by atoms with E-state index >= 15 is 0 Å². The Labute approximate surface area is 148 Å². The predicted molar refractivity (Wildman–Crippen MR) is 92.2 cm³/mol. The van der Waals surface area contributed by atoms with Gasteiger partial charge < -0.3 is 10.1 Å². The number of hydrogen-bond donors (Lipinski definition) is 1. The average Bonchev–Trinajstić information content (AvgIpc) is 3.00. The molecule has 4 nitrogen and oxygen atoms in total. The highest BCUT2D eigenvalue weighted by Gasteiger charge is 2.09. The summed E-state index contributed by atoms with van der Waals surface area (Å²) in [6.45, 7) is 0.125. The fourth-order valence-corrected chi connectivity index (χ4v) is 3.04. The summed E-state index contributed by atoms with van der Waals surface area (Å²) in [4.78, 5) is 23.2. The van der Waals surface area contributed by atoms with Crippen LogP contribution in [-0.4, -0.2) is 25.0 Å². The molecule has 7 heteroatoms. The zero-order valence-corrected chi connectivity index (χ0v) is 14.5. The number of thiophene rings is 1. The Balaban J connectivity index is 1.66. The molecule has 0 saturated heterocycles. The first-order chi connectivity index (χ1) is 11.0. The van der Waals surface area contributed by atoms with Gasteiger partial charge in [0.2, 0.25) is 0 Å². The Morgan fingerprint density at radius 2 is 2.04 bits per heavy atom. The van der Waals surface area contributed by atoms with Crippen LogP contribution in [0, 0.1) is 0 Å². The standard InChI is InChI=1S/C16H15Cl2NO3S/c17-13-2-1-12(14(18)8-13)3-5-19-15(20)9-22-16(21)7-11-4-6-23-10-11/h1-2,4,6,8,10H,3,5,7,9H2,(H,19,20). The Morgan fingerprint density at radius 1 is 1.22 bits per heavy atom. The summed E-state index contributed by atoms with van der Waals surface area (Å²) in [6.07, 6.45) is 0.752. The molecule has 0 saturated carbocycles. The highest BCUT2D eigenvalue weighted by atomic mass is 35.5. The van der Waals surface area contributed by atoms with Crippen molar-refractivity contribution in [3.05, 3.63) is 56.2 Å². The molecule has 1 aromatic carbocycles. The van der Waals surface area contributed by atoms with Crippen LogP contribution < -0.4 is 5.32 Å². The maximum atomic E-state index is 11.6. The van der Waals surface area contributed by atoms with Crippen molar-refractivity contribution in [2.75, 3.05) is 13.2 Å². The lowest BCUT2D eigenvalue weighted by atomic mass is 10.1. The van der Waals surface area contributed by atoms with Gasteiger partial charge in [0.05, 0.1) is 6.42 Å². The average molecular weight is 372 g/mol.